The Kier molecular flexibility index (Phi) is 16.9. The van der Waals surface area contributed by atoms with Crippen LogP contribution in [-0.4, -0.2) is 92.3 Å². The highest BCUT2D eigenvalue weighted by Gasteiger charge is 2.50. The lowest BCUT2D eigenvalue weighted by Crippen LogP contribution is -2.61. The first-order valence-electron chi connectivity index (χ1n) is 19.9. The number of carbonyl (C=O) groups is 4. The fourth-order valence-corrected chi connectivity index (χ4v) is 8.86. The molecule has 0 aliphatic carbocycles. The molecule has 2 N–H and O–H groups in total. The second-order valence-electron chi connectivity index (χ2n) is 18.3. The lowest BCUT2D eigenvalue weighted by Gasteiger charge is -2.53. The van der Waals surface area contributed by atoms with Crippen LogP contribution < -0.4 is 0 Å². The molecule has 2 fully saturated rings. The van der Waals surface area contributed by atoms with Gasteiger partial charge < -0.3 is 19.7 Å². The second-order valence-corrected chi connectivity index (χ2v) is 18.3. The zero-order valence-corrected chi connectivity index (χ0v) is 34.1. The molecule has 0 spiro atoms. The summed E-state index contributed by atoms with van der Waals surface area (Å²) in [5.74, 6) is -8.51. The maximum atomic E-state index is 14.3. The number of carboxylic acids is 2. The smallest absolute Gasteiger partial charge is 0.310 e. The maximum Gasteiger partial charge on any atom is 0.310 e. The monoisotopic (exact) mass is 723 g/mol. The molecule has 0 saturated carbocycles. The van der Waals surface area contributed by atoms with Crippen LogP contribution in [0.3, 0.4) is 0 Å². The molecular weight excluding hydrogens is 648 g/mol. The van der Waals surface area contributed by atoms with Crippen LogP contribution in [-0.2, 0) is 28.7 Å². The van der Waals surface area contributed by atoms with Crippen LogP contribution in [0.2, 0.25) is 0 Å². The van der Waals surface area contributed by atoms with Crippen molar-refractivity contribution < 1.29 is 38.9 Å². The zero-order valence-electron chi connectivity index (χ0n) is 34.1. The Bertz CT molecular complexity index is 1110. The molecule has 0 bridgehead atoms. The number of aliphatic carboxylic acids is 2. The summed E-state index contributed by atoms with van der Waals surface area (Å²) in [6, 6.07) is 0. The highest BCUT2D eigenvalue weighted by Crippen LogP contribution is 2.42. The Morgan fingerprint density at radius 3 is 1.29 bits per heavy atom. The minimum atomic E-state index is -1.64. The predicted octanol–water partition coefficient (Wildman–Crippen LogP) is 8.48. The Balaban J connectivity index is 2.37. The molecule has 0 radical (unpaired) electrons. The minimum absolute atomic E-state index is 0.225. The number of hydrogen-bond acceptors (Lipinski definition) is 8. The van der Waals surface area contributed by atoms with Gasteiger partial charge in [0, 0.05) is 47.8 Å². The van der Waals surface area contributed by atoms with Crippen LogP contribution >= 0.6 is 0 Å². The van der Waals surface area contributed by atoms with Crippen LogP contribution in [0.1, 0.15) is 171 Å². The van der Waals surface area contributed by atoms with E-state index in [1.807, 2.05) is 7.05 Å². The summed E-state index contributed by atoms with van der Waals surface area (Å²) in [6.45, 7) is 19.0. The molecule has 2 aliphatic heterocycles. The summed E-state index contributed by atoms with van der Waals surface area (Å²) >= 11 is 0. The SMILES string of the molecule is CCCCCCCCCCCCCC(C(=O)OC1CC(C)(C)N(C)C(C)(C)C1)C(C(=O)OC1CC(C)(C)N(C)C(C)(C)C1)C(CC(=O)O)C(=O)O. The second kappa shape index (κ2) is 19.2. The summed E-state index contributed by atoms with van der Waals surface area (Å²) in [4.78, 5) is 58.0. The number of carboxylic acid groups (broad SMARTS) is 2. The van der Waals surface area contributed by atoms with Crippen LogP contribution in [0.5, 0.6) is 0 Å². The lowest BCUT2D eigenvalue weighted by atomic mass is 9.76. The van der Waals surface area contributed by atoms with E-state index >= 15 is 0 Å². The largest absolute Gasteiger partial charge is 0.481 e. The van der Waals surface area contributed by atoms with Crippen LogP contribution in [0.25, 0.3) is 0 Å². The van der Waals surface area contributed by atoms with Gasteiger partial charge in [0.05, 0.1) is 24.2 Å². The van der Waals surface area contributed by atoms with Crippen molar-refractivity contribution in [2.45, 2.75) is 206 Å². The Labute approximate surface area is 309 Å². The molecule has 0 aromatic carbocycles. The molecule has 0 aromatic rings. The van der Waals surface area contributed by atoms with Crippen LogP contribution in [0.4, 0.5) is 0 Å². The van der Waals surface area contributed by atoms with Gasteiger partial charge in [-0.05, 0) is 75.9 Å². The number of carbonyl (C=O) groups excluding carboxylic acids is 2. The molecule has 2 rings (SSSR count). The quantitative estimate of drug-likeness (QED) is 0.0878. The molecule has 3 atom stereocenters. The van der Waals surface area contributed by atoms with Gasteiger partial charge in [0.2, 0.25) is 0 Å². The van der Waals surface area contributed by atoms with Gasteiger partial charge in [0.25, 0.3) is 0 Å². The molecule has 296 valence electrons. The van der Waals surface area contributed by atoms with E-state index in [2.05, 4.69) is 79.2 Å². The van der Waals surface area contributed by atoms with E-state index in [-0.39, 0.29) is 28.6 Å². The first kappa shape index (κ1) is 45.0. The van der Waals surface area contributed by atoms with Crippen molar-refractivity contribution in [3.63, 3.8) is 0 Å². The first-order chi connectivity index (χ1) is 23.6. The van der Waals surface area contributed by atoms with E-state index in [0.29, 0.717) is 32.1 Å². The van der Waals surface area contributed by atoms with Gasteiger partial charge in [0.15, 0.2) is 0 Å². The molecule has 0 aromatic heterocycles. The molecule has 2 aliphatic rings. The first-order valence-corrected chi connectivity index (χ1v) is 19.9. The highest BCUT2D eigenvalue weighted by molar-refractivity contribution is 5.89. The standard InChI is InChI=1S/C41H74N2O8/c1-12-13-14-15-16-17-18-19-20-21-22-23-31(36(48)50-29-25-38(2,3)42(10)39(4,5)26-29)34(32(35(46)47)24-33(44)45)37(49)51-30-27-40(6,7)43(11)41(8,9)28-30/h29-32,34H,12-28H2,1-11H3,(H,44,45)(H,46,47). The van der Waals surface area contributed by atoms with Gasteiger partial charge in [-0.1, -0.05) is 77.6 Å². The van der Waals surface area contributed by atoms with E-state index in [1.54, 1.807) is 0 Å². The average Bonchev–Trinajstić information content (AvgIpc) is 2.99. The lowest BCUT2D eigenvalue weighted by molar-refractivity contribution is -0.182. The summed E-state index contributed by atoms with van der Waals surface area (Å²) in [7, 11) is 4.10. The molecular formula is C41H74N2O8. The van der Waals surface area contributed by atoms with E-state index in [9.17, 15) is 29.4 Å². The highest BCUT2D eigenvalue weighted by atomic mass is 16.6. The molecule has 2 heterocycles. The summed E-state index contributed by atoms with van der Waals surface area (Å²) in [5, 5.41) is 20.2. The summed E-state index contributed by atoms with van der Waals surface area (Å²) in [6.07, 6.45) is 12.8. The number of nitrogens with zero attached hydrogens (tertiary/aromatic N) is 2. The van der Waals surface area contributed by atoms with Gasteiger partial charge in [-0.3, -0.25) is 29.0 Å². The van der Waals surface area contributed by atoms with Gasteiger partial charge in [-0.15, -0.1) is 0 Å². The summed E-state index contributed by atoms with van der Waals surface area (Å²) < 4.78 is 12.4. The number of rotatable bonds is 21. The third kappa shape index (κ3) is 13.3. The Hall–Kier alpha value is -2.20. The van der Waals surface area contributed by atoms with E-state index < -0.39 is 60.3 Å². The van der Waals surface area contributed by atoms with Crippen LogP contribution in [0.15, 0.2) is 0 Å². The fraction of sp³-hybridized carbons (Fsp3) is 0.902. The maximum absolute atomic E-state index is 14.3. The number of esters is 2. The third-order valence-corrected chi connectivity index (χ3v) is 12.4. The van der Waals surface area contributed by atoms with Gasteiger partial charge in [0.1, 0.15) is 12.2 Å². The average molecular weight is 723 g/mol. The van der Waals surface area contributed by atoms with E-state index in [1.165, 1.54) is 38.5 Å². The van der Waals surface area contributed by atoms with Gasteiger partial charge >= 0.3 is 23.9 Å². The van der Waals surface area contributed by atoms with Crippen molar-refractivity contribution in [2.75, 3.05) is 14.1 Å². The molecule has 0 amide bonds. The topological polar surface area (TPSA) is 134 Å². The van der Waals surface area contributed by atoms with E-state index in [0.717, 1.165) is 25.7 Å². The van der Waals surface area contributed by atoms with Crippen LogP contribution in [0, 0.1) is 17.8 Å². The van der Waals surface area contributed by atoms with Gasteiger partial charge in [-0.2, -0.15) is 0 Å². The van der Waals surface area contributed by atoms with Gasteiger partial charge in [-0.25, -0.2) is 0 Å². The van der Waals surface area contributed by atoms with Crippen molar-refractivity contribution >= 4 is 23.9 Å². The zero-order chi connectivity index (χ0) is 38.8. The van der Waals surface area contributed by atoms with Crippen molar-refractivity contribution in [2.24, 2.45) is 17.8 Å². The molecule has 10 nitrogen and oxygen atoms in total. The van der Waals surface area contributed by atoms with Crippen molar-refractivity contribution in [3.05, 3.63) is 0 Å². The number of likely N-dealkylation sites (tertiary alicyclic amines) is 2. The molecule has 3 unspecified atom stereocenters. The van der Waals surface area contributed by atoms with Crippen molar-refractivity contribution in [1.29, 1.82) is 0 Å². The third-order valence-electron chi connectivity index (χ3n) is 12.4. The molecule has 2 saturated heterocycles. The summed E-state index contributed by atoms with van der Waals surface area (Å²) in [5.41, 5.74) is -1.15. The fourth-order valence-electron chi connectivity index (χ4n) is 8.86. The van der Waals surface area contributed by atoms with Crippen molar-refractivity contribution in [3.8, 4) is 0 Å². The van der Waals surface area contributed by atoms with Crippen molar-refractivity contribution in [1.82, 2.24) is 9.80 Å². The number of unbranched alkanes of at least 4 members (excludes halogenated alkanes) is 10. The number of piperidine rings is 2. The Morgan fingerprint density at radius 1 is 0.588 bits per heavy atom. The number of ether oxygens (including phenoxy) is 2. The number of hydrogen-bond donors (Lipinski definition) is 2. The normalized spacial score (nSPS) is 22.5. The molecule has 10 heteroatoms. The Morgan fingerprint density at radius 2 is 0.941 bits per heavy atom. The van der Waals surface area contributed by atoms with E-state index in [4.69, 9.17) is 9.47 Å². The molecule has 51 heavy (non-hydrogen) atoms. The predicted molar refractivity (Wildman–Crippen MR) is 202 cm³/mol. The minimum Gasteiger partial charge on any atom is -0.481 e.